The van der Waals surface area contributed by atoms with Gasteiger partial charge in [0.1, 0.15) is 0 Å². The number of hydrogen-bond donors (Lipinski definition) is 3. The standard InChI is InChI=1S/C29H28FN7O3S2/c1-16-18-6-4-12-37(26(18)36-35-25(16)34-28-32-20-7-2-3-8-22(20)41-28)29-33-24(27(38)39)23(42-29)9-5-13-40-21-11-10-17(15-31)14-19(21)30/h2-3,7-8,10-11,14H,4-6,9,12-13,15,31H2,1H3,(H,38,39)(H,32,34,35). The lowest BCUT2D eigenvalue weighted by atomic mass is 10.0. The molecule has 10 nitrogen and oxygen atoms in total. The van der Waals surface area contributed by atoms with Gasteiger partial charge in [-0.3, -0.25) is 0 Å². The molecule has 0 bridgehead atoms. The third-order valence-corrected chi connectivity index (χ3v) is 9.15. The lowest BCUT2D eigenvalue weighted by molar-refractivity contribution is 0.0690. The fourth-order valence-corrected chi connectivity index (χ4v) is 6.89. The number of nitrogens with one attached hydrogen (secondary N) is 1. The van der Waals surface area contributed by atoms with Crippen LogP contribution in [-0.4, -0.2) is 44.4 Å². The molecule has 1 aliphatic heterocycles. The van der Waals surface area contributed by atoms with Crippen LogP contribution >= 0.6 is 22.7 Å². The van der Waals surface area contributed by atoms with E-state index in [0.29, 0.717) is 46.6 Å². The number of carbonyl (C=O) groups is 1. The molecule has 6 rings (SSSR count). The first kappa shape index (κ1) is 27.9. The number of anilines is 4. The van der Waals surface area contributed by atoms with E-state index < -0.39 is 11.8 Å². The lowest BCUT2D eigenvalue weighted by Gasteiger charge is -2.28. The first-order valence-corrected chi connectivity index (χ1v) is 15.1. The molecule has 4 heterocycles. The molecule has 216 valence electrons. The minimum atomic E-state index is -1.09. The predicted octanol–water partition coefficient (Wildman–Crippen LogP) is 5.99. The number of nitrogens with two attached hydrogens (primary N) is 1. The second kappa shape index (κ2) is 12.0. The Kier molecular flexibility index (Phi) is 7.96. The summed E-state index contributed by atoms with van der Waals surface area (Å²) in [6.45, 7) is 3.14. The Morgan fingerprint density at radius 2 is 2.05 bits per heavy atom. The van der Waals surface area contributed by atoms with E-state index in [1.807, 2.05) is 36.1 Å². The summed E-state index contributed by atoms with van der Waals surface area (Å²) in [7, 11) is 0. The molecule has 0 saturated heterocycles. The number of aromatic nitrogens is 4. The van der Waals surface area contributed by atoms with Crippen molar-refractivity contribution in [3.63, 3.8) is 0 Å². The van der Waals surface area contributed by atoms with Crippen molar-refractivity contribution in [2.24, 2.45) is 5.73 Å². The molecule has 0 unspecified atom stereocenters. The predicted molar refractivity (Wildman–Crippen MR) is 162 cm³/mol. The fraction of sp³-hybridized carbons (Fsp3) is 0.276. The number of aromatic carboxylic acids is 1. The van der Waals surface area contributed by atoms with E-state index in [1.165, 1.54) is 17.4 Å². The highest BCUT2D eigenvalue weighted by Gasteiger charge is 2.28. The van der Waals surface area contributed by atoms with Crippen LogP contribution in [0.1, 0.15) is 44.9 Å². The molecular weight excluding hydrogens is 577 g/mol. The number of aryl methyl sites for hydroxylation is 1. The highest BCUT2D eigenvalue weighted by molar-refractivity contribution is 7.22. The maximum atomic E-state index is 14.2. The highest BCUT2D eigenvalue weighted by Crippen LogP contribution is 2.39. The van der Waals surface area contributed by atoms with Crippen molar-refractivity contribution in [1.29, 1.82) is 0 Å². The number of thiazole rings is 2. The quantitative estimate of drug-likeness (QED) is 0.163. The van der Waals surface area contributed by atoms with E-state index in [9.17, 15) is 14.3 Å². The topological polar surface area (TPSA) is 139 Å². The number of hydrogen-bond acceptors (Lipinski definition) is 11. The minimum absolute atomic E-state index is 0.0133. The number of halogens is 1. The zero-order valence-electron chi connectivity index (χ0n) is 22.8. The molecule has 0 radical (unpaired) electrons. The summed E-state index contributed by atoms with van der Waals surface area (Å²) in [6.07, 6.45) is 2.61. The Labute approximate surface area is 249 Å². The number of fused-ring (bicyclic) bond motifs is 2. The molecule has 0 aliphatic carbocycles. The molecule has 1 aliphatic rings. The molecule has 42 heavy (non-hydrogen) atoms. The van der Waals surface area contributed by atoms with Gasteiger partial charge in [-0.15, -0.1) is 21.5 Å². The van der Waals surface area contributed by atoms with Gasteiger partial charge in [-0.1, -0.05) is 29.5 Å². The van der Waals surface area contributed by atoms with Gasteiger partial charge in [0, 0.05) is 29.1 Å². The first-order valence-electron chi connectivity index (χ1n) is 13.5. The van der Waals surface area contributed by atoms with E-state index in [1.54, 1.807) is 23.5 Å². The van der Waals surface area contributed by atoms with Crippen molar-refractivity contribution in [2.45, 2.75) is 39.2 Å². The Morgan fingerprint density at radius 3 is 2.83 bits per heavy atom. The molecule has 2 aromatic carbocycles. The summed E-state index contributed by atoms with van der Waals surface area (Å²) in [6, 6.07) is 12.6. The van der Waals surface area contributed by atoms with Crippen molar-refractivity contribution in [3.8, 4) is 5.75 Å². The number of rotatable bonds is 10. The van der Waals surface area contributed by atoms with Crippen molar-refractivity contribution >= 4 is 60.8 Å². The number of ether oxygens (including phenoxy) is 1. The van der Waals surface area contributed by atoms with Crippen molar-refractivity contribution < 1.29 is 19.0 Å². The number of benzene rings is 2. The first-order chi connectivity index (χ1) is 20.4. The van der Waals surface area contributed by atoms with E-state index in [2.05, 4.69) is 25.5 Å². The largest absolute Gasteiger partial charge is 0.491 e. The molecule has 0 atom stereocenters. The van der Waals surface area contributed by atoms with Gasteiger partial charge in [-0.2, -0.15) is 0 Å². The van der Waals surface area contributed by atoms with Crippen LogP contribution in [0, 0.1) is 12.7 Å². The molecule has 0 fully saturated rings. The SMILES string of the molecule is Cc1c(Nc2nc3ccccc3s2)nnc2c1CCCN2c1nc(C(=O)O)c(CCCOc2ccc(CN)cc2F)s1. The monoisotopic (exact) mass is 605 g/mol. The number of carboxylic acid groups (broad SMARTS) is 1. The normalized spacial score (nSPS) is 12.9. The minimum Gasteiger partial charge on any atom is -0.491 e. The van der Waals surface area contributed by atoms with Crippen LogP contribution in [0.15, 0.2) is 42.5 Å². The Morgan fingerprint density at radius 1 is 1.19 bits per heavy atom. The van der Waals surface area contributed by atoms with Crippen molar-refractivity contribution in [1.82, 2.24) is 20.2 Å². The van der Waals surface area contributed by atoms with Crippen LogP contribution in [0.2, 0.25) is 0 Å². The summed E-state index contributed by atoms with van der Waals surface area (Å²) >= 11 is 2.88. The second-order valence-electron chi connectivity index (χ2n) is 9.84. The average molecular weight is 606 g/mol. The van der Waals surface area contributed by atoms with Gasteiger partial charge in [0.15, 0.2) is 39.2 Å². The van der Waals surface area contributed by atoms with Gasteiger partial charge < -0.3 is 25.8 Å². The third-order valence-electron chi connectivity index (χ3n) is 7.06. The van der Waals surface area contributed by atoms with Gasteiger partial charge in [0.05, 0.1) is 16.8 Å². The summed E-state index contributed by atoms with van der Waals surface area (Å²) < 4.78 is 20.9. The van der Waals surface area contributed by atoms with Crippen molar-refractivity contribution in [3.05, 3.63) is 75.5 Å². The van der Waals surface area contributed by atoms with E-state index >= 15 is 0 Å². The van der Waals surface area contributed by atoms with E-state index in [-0.39, 0.29) is 24.6 Å². The summed E-state index contributed by atoms with van der Waals surface area (Å²) in [5.41, 5.74) is 9.20. The lowest BCUT2D eigenvalue weighted by Crippen LogP contribution is -2.27. The molecule has 0 spiro atoms. The van der Waals surface area contributed by atoms with Crippen LogP contribution in [0.3, 0.4) is 0 Å². The zero-order valence-corrected chi connectivity index (χ0v) is 24.4. The average Bonchev–Trinajstić information content (AvgIpc) is 3.61. The van der Waals surface area contributed by atoms with E-state index in [0.717, 1.165) is 39.3 Å². The number of carboxylic acids is 1. The summed E-state index contributed by atoms with van der Waals surface area (Å²) in [5, 5.41) is 23.5. The molecule has 3 aromatic heterocycles. The van der Waals surface area contributed by atoms with Gasteiger partial charge in [0.25, 0.3) is 0 Å². The van der Waals surface area contributed by atoms with Crippen LogP contribution in [0.5, 0.6) is 5.75 Å². The van der Waals surface area contributed by atoms with E-state index in [4.69, 9.17) is 10.5 Å². The molecule has 0 amide bonds. The molecule has 13 heteroatoms. The maximum Gasteiger partial charge on any atom is 0.355 e. The third kappa shape index (κ3) is 5.62. The molecule has 5 aromatic rings. The number of para-hydroxylation sites is 1. The molecule has 4 N–H and O–H groups in total. The Hall–Kier alpha value is -4.20. The van der Waals surface area contributed by atoms with Crippen LogP contribution in [-0.2, 0) is 19.4 Å². The highest BCUT2D eigenvalue weighted by atomic mass is 32.1. The van der Waals surface area contributed by atoms with Gasteiger partial charge in [-0.25, -0.2) is 19.2 Å². The van der Waals surface area contributed by atoms with Crippen molar-refractivity contribution in [2.75, 3.05) is 23.4 Å². The number of nitrogens with zero attached hydrogens (tertiary/aromatic N) is 5. The second-order valence-corrected chi connectivity index (χ2v) is 11.9. The van der Waals surface area contributed by atoms with Gasteiger partial charge in [-0.05, 0) is 62.4 Å². The fourth-order valence-electron chi connectivity index (χ4n) is 4.91. The van der Waals surface area contributed by atoms with Gasteiger partial charge >= 0.3 is 5.97 Å². The summed E-state index contributed by atoms with van der Waals surface area (Å²) in [4.78, 5) is 23.8. The van der Waals surface area contributed by atoms with Crippen LogP contribution in [0.25, 0.3) is 10.2 Å². The Bertz CT molecular complexity index is 1740. The smallest absolute Gasteiger partial charge is 0.355 e. The molecular formula is C29H28FN7O3S2. The van der Waals surface area contributed by atoms with Crippen LogP contribution in [0.4, 0.5) is 26.3 Å². The molecule has 0 saturated carbocycles. The Balaban J connectivity index is 1.18. The van der Waals surface area contributed by atoms with Crippen LogP contribution < -0.4 is 20.7 Å². The maximum absolute atomic E-state index is 14.2. The summed E-state index contributed by atoms with van der Waals surface area (Å²) in [5.74, 6) is -0.0820. The zero-order chi connectivity index (χ0) is 29.2. The van der Waals surface area contributed by atoms with Gasteiger partial charge in [0.2, 0.25) is 0 Å².